The number of hydrogen-bond acceptors (Lipinski definition) is 5. The summed E-state index contributed by atoms with van der Waals surface area (Å²) in [6.45, 7) is 2.02. The van der Waals surface area contributed by atoms with Crippen molar-refractivity contribution in [3.63, 3.8) is 0 Å². The van der Waals surface area contributed by atoms with Crippen LogP contribution in [0.3, 0.4) is 0 Å². The van der Waals surface area contributed by atoms with E-state index in [1.807, 2.05) is 0 Å². The molecule has 1 aliphatic heterocycles. The van der Waals surface area contributed by atoms with Crippen molar-refractivity contribution in [2.24, 2.45) is 0 Å². The molecule has 2 rings (SSSR count). The highest BCUT2D eigenvalue weighted by Crippen LogP contribution is 2.21. The number of nitrogens with zero attached hydrogens (tertiary/aromatic N) is 1. The summed E-state index contributed by atoms with van der Waals surface area (Å²) in [7, 11) is -2.42. The molecule has 0 atom stereocenters. The lowest BCUT2D eigenvalue weighted by Crippen LogP contribution is -2.46. The largest absolute Gasteiger partial charge is 0.465 e. The first kappa shape index (κ1) is 16.9. The number of carbonyl (C=O) groups is 1. The van der Waals surface area contributed by atoms with Crippen LogP contribution in [0.25, 0.3) is 0 Å². The molecule has 0 saturated carbocycles. The topological polar surface area (TPSA) is 75.7 Å². The first-order valence-corrected chi connectivity index (χ1v) is 7.39. The number of carbonyl (C=O) groups excluding carboxylic acids is 1. The molecular formula is C12H17ClN2O4S. The highest BCUT2D eigenvalue weighted by Gasteiger charge is 2.29. The van der Waals surface area contributed by atoms with Gasteiger partial charge in [0.15, 0.2) is 0 Å². The van der Waals surface area contributed by atoms with Gasteiger partial charge in [-0.3, -0.25) is 0 Å². The number of ether oxygens (including phenoxy) is 1. The molecule has 0 spiro atoms. The minimum Gasteiger partial charge on any atom is -0.465 e. The van der Waals surface area contributed by atoms with Gasteiger partial charge in [0.05, 0.1) is 17.6 Å². The Bertz CT molecular complexity index is 571. The van der Waals surface area contributed by atoms with E-state index >= 15 is 0 Å². The fraction of sp³-hybridized carbons (Fsp3) is 0.417. The molecule has 112 valence electrons. The summed E-state index contributed by atoms with van der Waals surface area (Å²) >= 11 is 0. The van der Waals surface area contributed by atoms with Gasteiger partial charge in [-0.2, -0.15) is 4.31 Å². The van der Waals surface area contributed by atoms with Crippen molar-refractivity contribution in [2.45, 2.75) is 4.90 Å². The zero-order valence-corrected chi connectivity index (χ0v) is 12.7. The molecule has 20 heavy (non-hydrogen) atoms. The zero-order valence-electron chi connectivity index (χ0n) is 11.0. The highest BCUT2D eigenvalue weighted by atomic mass is 35.5. The van der Waals surface area contributed by atoms with Crippen LogP contribution in [0.4, 0.5) is 0 Å². The van der Waals surface area contributed by atoms with Crippen molar-refractivity contribution in [3.05, 3.63) is 29.8 Å². The number of nitrogens with one attached hydrogen (secondary N) is 1. The number of hydrogen-bond donors (Lipinski definition) is 1. The number of rotatable bonds is 3. The van der Waals surface area contributed by atoms with Crippen LogP contribution in [0.15, 0.2) is 29.2 Å². The van der Waals surface area contributed by atoms with E-state index in [1.54, 1.807) is 12.1 Å². The molecule has 1 aromatic rings. The Morgan fingerprint density at radius 3 is 2.45 bits per heavy atom. The van der Waals surface area contributed by atoms with E-state index in [-0.39, 0.29) is 22.9 Å². The molecule has 0 amide bonds. The number of methoxy groups -OCH3 is 1. The minimum atomic E-state index is -3.66. The minimum absolute atomic E-state index is 0. The summed E-state index contributed by atoms with van der Waals surface area (Å²) in [5, 5.41) is 3.09. The normalized spacial score (nSPS) is 16.2. The van der Waals surface area contributed by atoms with Crippen LogP contribution in [0.2, 0.25) is 0 Å². The quantitative estimate of drug-likeness (QED) is 0.820. The standard InChI is InChI=1S/C12H16N2O4S.ClH/c1-18-12(15)10-4-2-3-5-11(10)19(16,17)14-8-6-13-7-9-14;/h2-5,13H,6-9H2,1H3;1H. The van der Waals surface area contributed by atoms with Gasteiger partial charge in [0.25, 0.3) is 0 Å². The summed E-state index contributed by atoms with van der Waals surface area (Å²) in [6, 6.07) is 6.11. The van der Waals surface area contributed by atoms with Gasteiger partial charge in [-0.15, -0.1) is 12.4 Å². The van der Waals surface area contributed by atoms with Crippen molar-refractivity contribution >= 4 is 28.4 Å². The molecule has 0 radical (unpaired) electrons. The van der Waals surface area contributed by atoms with Crippen LogP contribution in [0, 0.1) is 0 Å². The molecule has 6 nitrogen and oxygen atoms in total. The van der Waals surface area contributed by atoms with Crippen LogP contribution >= 0.6 is 12.4 Å². The Balaban J connectivity index is 0.00000200. The lowest BCUT2D eigenvalue weighted by Gasteiger charge is -2.27. The average molecular weight is 321 g/mol. The average Bonchev–Trinajstić information content (AvgIpc) is 2.47. The van der Waals surface area contributed by atoms with Crippen molar-refractivity contribution in [1.29, 1.82) is 0 Å². The van der Waals surface area contributed by atoms with Crippen LogP contribution in [0.5, 0.6) is 0 Å². The van der Waals surface area contributed by atoms with Gasteiger partial charge in [-0.1, -0.05) is 12.1 Å². The number of sulfonamides is 1. The van der Waals surface area contributed by atoms with Crippen molar-refractivity contribution in [3.8, 4) is 0 Å². The molecular weight excluding hydrogens is 304 g/mol. The summed E-state index contributed by atoms with van der Waals surface area (Å²) in [5.74, 6) is -0.644. The molecule has 0 unspecified atom stereocenters. The Kier molecular flexibility index (Phi) is 5.94. The van der Waals surface area contributed by atoms with E-state index in [0.29, 0.717) is 26.2 Å². The van der Waals surface area contributed by atoms with Crippen LogP contribution in [-0.2, 0) is 14.8 Å². The van der Waals surface area contributed by atoms with Gasteiger partial charge in [-0.25, -0.2) is 13.2 Å². The molecule has 0 aliphatic carbocycles. The van der Waals surface area contributed by atoms with E-state index in [1.165, 1.54) is 23.5 Å². The molecule has 0 bridgehead atoms. The third-order valence-corrected chi connectivity index (χ3v) is 4.94. The third-order valence-electron chi connectivity index (χ3n) is 2.99. The second-order valence-electron chi connectivity index (χ2n) is 4.14. The summed E-state index contributed by atoms with van der Waals surface area (Å²) in [6.07, 6.45) is 0. The van der Waals surface area contributed by atoms with Gasteiger partial charge in [0.1, 0.15) is 0 Å². The zero-order chi connectivity index (χ0) is 13.9. The summed E-state index contributed by atoms with van der Waals surface area (Å²) < 4.78 is 31.0. The predicted octanol–water partition coefficient (Wildman–Crippen LogP) is 0.489. The highest BCUT2D eigenvalue weighted by molar-refractivity contribution is 7.89. The lowest BCUT2D eigenvalue weighted by atomic mass is 10.2. The van der Waals surface area contributed by atoms with Crippen LogP contribution in [-0.4, -0.2) is 52.0 Å². The van der Waals surface area contributed by atoms with E-state index in [4.69, 9.17) is 0 Å². The molecule has 1 saturated heterocycles. The van der Waals surface area contributed by atoms with Crippen LogP contribution < -0.4 is 5.32 Å². The Hall–Kier alpha value is -1.15. The van der Waals surface area contributed by atoms with Crippen molar-refractivity contribution in [2.75, 3.05) is 33.3 Å². The molecule has 1 aromatic carbocycles. The third kappa shape index (κ3) is 3.29. The SMILES string of the molecule is COC(=O)c1ccccc1S(=O)(=O)N1CCNCC1.Cl. The fourth-order valence-electron chi connectivity index (χ4n) is 1.99. The lowest BCUT2D eigenvalue weighted by molar-refractivity contribution is 0.0596. The second-order valence-corrected chi connectivity index (χ2v) is 6.05. The number of esters is 1. The molecule has 1 heterocycles. The smallest absolute Gasteiger partial charge is 0.339 e. The maximum Gasteiger partial charge on any atom is 0.339 e. The van der Waals surface area contributed by atoms with Crippen molar-refractivity contribution < 1.29 is 17.9 Å². The van der Waals surface area contributed by atoms with Gasteiger partial charge in [0.2, 0.25) is 10.0 Å². The van der Waals surface area contributed by atoms with Crippen molar-refractivity contribution in [1.82, 2.24) is 9.62 Å². The first-order chi connectivity index (χ1) is 9.07. The van der Waals surface area contributed by atoms with E-state index < -0.39 is 16.0 Å². The predicted molar refractivity (Wildman–Crippen MR) is 76.7 cm³/mol. The fourth-order valence-corrected chi connectivity index (χ4v) is 3.62. The summed E-state index contributed by atoms with van der Waals surface area (Å²) in [5.41, 5.74) is 0.0727. The maximum absolute atomic E-state index is 12.5. The Labute approximate surface area is 124 Å². The van der Waals surface area contributed by atoms with E-state index in [2.05, 4.69) is 10.1 Å². The molecule has 1 fully saturated rings. The van der Waals surface area contributed by atoms with Crippen LogP contribution in [0.1, 0.15) is 10.4 Å². The van der Waals surface area contributed by atoms with Gasteiger partial charge < -0.3 is 10.1 Å². The maximum atomic E-state index is 12.5. The second kappa shape index (κ2) is 7.03. The molecule has 0 aromatic heterocycles. The summed E-state index contributed by atoms with van der Waals surface area (Å²) in [4.78, 5) is 11.6. The van der Waals surface area contributed by atoms with Gasteiger partial charge in [-0.05, 0) is 12.1 Å². The van der Waals surface area contributed by atoms with E-state index in [0.717, 1.165) is 0 Å². The van der Waals surface area contributed by atoms with E-state index in [9.17, 15) is 13.2 Å². The first-order valence-electron chi connectivity index (χ1n) is 5.95. The van der Waals surface area contributed by atoms with Gasteiger partial charge >= 0.3 is 5.97 Å². The molecule has 1 aliphatic rings. The Morgan fingerprint density at radius 2 is 1.85 bits per heavy atom. The molecule has 8 heteroatoms. The molecule has 1 N–H and O–H groups in total. The number of benzene rings is 1. The number of piperazine rings is 1. The number of halogens is 1. The Morgan fingerprint density at radius 1 is 1.25 bits per heavy atom. The van der Waals surface area contributed by atoms with Gasteiger partial charge in [0, 0.05) is 26.2 Å². The monoisotopic (exact) mass is 320 g/mol.